The Morgan fingerprint density at radius 2 is 2.12 bits per heavy atom. The topological polar surface area (TPSA) is 17.1 Å². The van der Waals surface area contributed by atoms with Crippen LogP contribution in [0.5, 0.6) is 0 Å². The van der Waals surface area contributed by atoms with Gasteiger partial charge in [-0.1, -0.05) is 19.1 Å². The lowest BCUT2D eigenvalue weighted by molar-refractivity contribution is 0.0989. The lowest BCUT2D eigenvalue weighted by atomic mass is 10.1. The summed E-state index contributed by atoms with van der Waals surface area (Å²) in [5.74, 6) is 1.82. The summed E-state index contributed by atoms with van der Waals surface area (Å²) in [5.41, 5.74) is 0.492. The number of hydrogen-bond acceptors (Lipinski definition) is 3. The van der Waals surface area contributed by atoms with Crippen LogP contribution in [0.25, 0.3) is 0 Å². The molecule has 1 heterocycles. The first-order chi connectivity index (χ1) is 7.68. The zero-order valence-corrected chi connectivity index (χ0v) is 10.6. The summed E-state index contributed by atoms with van der Waals surface area (Å²) >= 11 is 3.51. The fraction of sp³-hybridized carbons (Fsp3) is 0.417. The van der Waals surface area contributed by atoms with E-state index in [9.17, 15) is 9.18 Å². The van der Waals surface area contributed by atoms with Crippen LogP contribution in [-0.2, 0) is 0 Å². The van der Waals surface area contributed by atoms with Gasteiger partial charge in [0.1, 0.15) is 5.82 Å². The van der Waals surface area contributed by atoms with E-state index in [2.05, 4.69) is 6.92 Å². The van der Waals surface area contributed by atoms with Crippen LogP contribution in [0.1, 0.15) is 17.3 Å². The first-order valence-electron chi connectivity index (χ1n) is 5.21. The van der Waals surface area contributed by atoms with Crippen molar-refractivity contribution in [2.24, 2.45) is 0 Å². The van der Waals surface area contributed by atoms with E-state index in [4.69, 9.17) is 0 Å². The number of rotatable bonds is 2. The molecule has 16 heavy (non-hydrogen) atoms. The molecule has 1 saturated heterocycles. The van der Waals surface area contributed by atoms with E-state index in [1.807, 2.05) is 11.8 Å². The van der Waals surface area contributed by atoms with E-state index in [0.29, 0.717) is 10.8 Å². The van der Waals surface area contributed by atoms with Crippen molar-refractivity contribution in [2.75, 3.05) is 11.5 Å². The maximum Gasteiger partial charge on any atom is 0.177 e. The molecule has 0 saturated carbocycles. The van der Waals surface area contributed by atoms with Crippen LogP contribution in [-0.4, -0.2) is 27.8 Å². The van der Waals surface area contributed by atoms with Gasteiger partial charge in [-0.2, -0.15) is 11.8 Å². The van der Waals surface area contributed by atoms with Crippen molar-refractivity contribution >= 4 is 29.3 Å². The zero-order valence-electron chi connectivity index (χ0n) is 8.98. The molecule has 1 aliphatic rings. The maximum absolute atomic E-state index is 13.0. The van der Waals surface area contributed by atoms with Gasteiger partial charge >= 0.3 is 0 Å². The highest BCUT2D eigenvalue weighted by Gasteiger charge is 2.29. The van der Waals surface area contributed by atoms with Crippen LogP contribution in [0.15, 0.2) is 24.3 Å². The molecule has 1 nitrogen and oxygen atoms in total. The van der Waals surface area contributed by atoms with Crippen LogP contribution in [0.3, 0.4) is 0 Å². The predicted molar refractivity (Wildman–Crippen MR) is 68.9 cm³/mol. The molecular formula is C12H13FOS2. The second-order valence-electron chi connectivity index (χ2n) is 3.74. The Bertz CT molecular complexity index is 394. The first-order valence-corrected chi connectivity index (χ1v) is 7.31. The van der Waals surface area contributed by atoms with Crippen LogP contribution >= 0.6 is 23.5 Å². The van der Waals surface area contributed by atoms with E-state index >= 15 is 0 Å². The average Bonchev–Trinajstić information content (AvgIpc) is 2.29. The molecule has 0 N–H and O–H groups in total. The van der Waals surface area contributed by atoms with Crippen LogP contribution < -0.4 is 0 Å². The standard InChI is InChI=1S/C12H13FOS2/c1-8-12(16-6-5-15-8)11(14)9-3-2-4-10(13)7-9/h2-4,7-8,12H,5-6H2,1H3. The molecule has 0 amide bonds. The Morgan fingerprint density at radius 3 is 2.81 bits per heavy atom. The highest BCUT2D eigenvalue weighted by Crippen LogP contribution is 2.33. The van der Waals surface area contributed by atoms with Crippen molar-refractivity contribution < 1.29 is 9.18 Å². The van der Waals surface area contributed by atoms with E-state index in [1.165, 1.54) is 12.1 Å². The van der Waals surface area contributed by atoms with Crippen LogP contribution in [0.4, 0.5) is 4.39 Å². The van der Waals surface area contributed by atoms with Crippen molar-refractivity contribution in [3.05, 3.63) is 35.6 Å². The number of ketones is 1. The molecule has 0 spiro atoms. The van der Waals surface area contributed by atoms with E-state index in [1.54, 1.807) is 23.9 Å². The number of carbonyl (C=O) groups excluding carboxylic acids is 1. The molecule has 1 aromatic rings. The summed E-state index contributed by atoms with van der Waals surface area (Å²) < 4.78 is 13.0. The summed E-state index contributed by atoms with van der Waals surface area (Å²) in [6.07, 6.45) is 0. The largest absolute Gasteiger partial charge is 0.293 e. The molecule has 0 aromatic heterocycles. The molecule has 0 bridgehead atoms. The van der Waals surface area contributed by atoms with Crippen molar-refractivity contribution in [2.45, 2.75) is 17.4 Å². The Balaban J connectivity index is 2.17. The lowest BCUT2D eigenvalue weighted by Gasteiger charge is -2.26. The normalized spacial score (nSPS) is 25.4. The molecule has 2 atom stereocenters. The number of carbonyl (C=O) groups is 1. The molecule has 1 aromatic carbocycles. The van der Waals surface area contributed by atoms with Gasteiger partial charge in [-0.05, 0) is 12.1 Å². The maximum atomic E-state index is 13.0. The third-order valence-corrected chi connectivity index (χ3v) is 5.65. The monoisotopic (exact) mass is 256 g/mol. The molecule has 86 valence electrons. The van der Waals surface area contributed by atoms with Gasteiger partial charge in [0.25, 0.3) is 0 Å². The van der Waals surface area contributed by atoms with Gasteiger partial charge < -0.3 is 0 Å². The molecule has 1 aliphatic heterocycles. The quantitative estimate of drug-likeness (QED) is 0.756. The Hall–Kier alpha value is -0.480. The van der Waals surface area contributed by atoms with Gasteiger partial charge in [-0.3, -0.25) is 4.79 Å². The van der Waals surface area contributed by atoms with Gasteiger partial charge in [0.2, 0.25) is 0 Å². The second-order valence-corrected chi connectivity index (χ2v) is 6.48. The number of thioether (sulfide) groups is 2. The van der Waals surface area contributed by atoms with Gasteiger partial charge in [-0.15, -0.1) is 11.8 Å². The SMILES string of the molecule is CC1SCCSC1C(=O)c1cccc(F)c1. The van der Waals surface area contributed by atoms with Crippen molar-refractivity contribution in [1.82, 2.24) is 0 Å². The third-order valence-electron chi connectivity index (χ3n) is 2.56. The van der Waals surface area contributed by atoms with Crippen molar-refractivity contribution in [3.63, 3.8) is 0 Å². The Kier molecular flexibility index (Phi) is 3.92. The molecule has 4 heteroatoms. The van der Waals surface area contributed by atoms with Crippen molar-refractivity contribution in [1.29, 1.82) is 0 Å². The number of hydrogen-bond donors (Lipinski definition) is 0. The summed E-state index contributed by atoms with van der Waals surface area (Å²) in [5, 5.41) is 0.287. The molecule has 0 radical (unpaired) electrons. The van der Waals surface area contributed by atoms with Crippen LogP contribution in [0, 0.1) is 5.82 Å². The van der Waals surface area contributed by atoms with Crippen molar-refractivity contribution in [3.8, 4) is 0 Å². The zero-order chi connectivity index (χ0) is 11.5. The Morgan fingerprint density at radius 1 is 1.38 bits per heavy atom. The van der Waals surface area contributed by atoms with Gasteiger partial charge in [-0.25, -0.2) is 4.39 Å². The van der Waals surface area contributed by atoms with Crippen LogP contribution in [0.2, 0.25) is 0 Å². The fourth-order valence-electron chi connectivity index (χ4n) is 1.73. The third kappa shape index (κ3) is 2.61. The molecule has 1 fully saturated rings. The smallest absolute Gasteiger partial charge is 0.177 e. The minimum atomic E-state index is -0.341. The summed E-state index contributed by atoms with van der Waals surface area (Å²) in [7, 11) is 0. The van der Waals surface area contributed by atoms with E-state index in [0.717, 1.165) is 11.5 Å². The summed E-state index contributed by atoms with van der Waals surface area (Å²) in [6, 6.07) is 5.98. The highest BCUT2D eigenvalue weighted by atomic mass is 32.2. The fourth-order valence-corrected chi connectivity index (χ4v) is 4.45. The second kappa shape index (κ2) is 5.23. The minimum Gasteiger partial charge on any atom is -0.293 e. The first kappa shape index (κ1) is 12.0. The van der Waals surface area contributed by atoms with E-state index < -0.39 is 0 Å². The molecular weight excluding hydrogens is 243 g/mol. The molecule has 0 aliphatic carbocycles. The summed E-state index contributed by atoms with van der Waals surface area (Å²) in [4.78, 5) is 12.2. The Labute approximate surface area is 103 Å². The van der Waals surface area contributed by atoms with Gasteiger partial charge in [0.15, 0.2) is 5.78 Å². The summed E-state index contributed by atoms with van der Waals surface area (Å²) in [6.45, 7) is 2.07. The van der Waals surface area contributed by atoms with Gasteiger partial charge in [0, 0.05) is 22.3 Å². The lowest BCUT2D eigenvalue weighted by Crippen LogP contribution is -2.31. The highest BCUT2D eigenvalue weighted by molar-refractivity contribution is 8.07. The van der Waals surface area contributed by atoms with E-state index in [-0.39, 0.29) is 16.9 Å². The number of benzene rings is 1. The molecule has 2 rings (SSSR count). The minimum absolute atomic E-state index is 0.0273. The molecule has 2 unspecified atom stereocenters. The predicted octanol–water partition coefficient (Wildman–Crippen LogP) is 3.25. The van der Waals surface area contributed by atoms with Gasteiger partial charge in [0.05, 0.1) is 5.25 Å². The number of halogens is 1. The average molecular weight is 256 g/mol. The number of Topliss-reactive ketones (excluding diaryl/α,β-unsaturated/α-hetero) is 1.